The maximum absolute atomic E-state index is 13.2. The van der Waals surface area contributed by atoms with E-state index < -0.39 is 0 Å². The molecule has 4 nitrogen and oxygen atoms in total. The number of nitrogens with zero attached hydrogens (tertiary/aromatic N) is 2. The third-order valence-corrected chi connectivity index (χ3v) is 3.75. The zero-order chi connectivity index (χ0) is 16.4. The lowest BCUT2D eigenvalue weighted by molar-refractivity contribution is 0.255. The first-order valence-electron chi connectivity index (χ1n) is 8.03. The summed E-state index contributed by atoms with van der Waals surface area (Å²) in [5, 5.41) is 6.53. The van der Waals surface area contributed by atoms with Crippen LogP contribution in [-0.4, -0.2) is 43.6 Å². The molecule has 0 heterocycles. The number of guanidine groups is 1. The number of aliphatic imine (C=N–C) groups is 1. The van der Waals surface area contributed by atoms with Crippen LogP contribution in [-0.2, 0) is 6.54 Å². The van der Waals surface area contributed by atoms with Gasteiger partial charge >= 0.3 is 0 Å². The number of benzene rings is 1. The molecule has 0 aliphatic carbocycles. The summed E-state index contributed by atoms with van der Waals surface area (Å²) in [6.07, 6.45) is 1.14. The van der Waals surface area contributed by atoms with E-state index in [0.717, 1.165) is 37.6 Å². The van der Waals surface area contributed by atoms with E-state index in [-0.39, 0.29) is 29.8 Å². The van der Waals surface area contributed by atoms with Gasteiger partial charge in [-0.1, -0.05) is 19.1 Å². The molecule has 132 valence electrons. The highest BCUT2D eigenvalue weighted by Gasteiger charge is 2.06. The maximum atomic E-state index is 13.2. The Hall–Kier alpha value is -0.890. The molecule has 0 amide bonds. The molecule has 6 heteroatoms. The highest BCUT2D eigenvalue weighted by molar-refractivity contribution is 14.0. The van der Waals surface area contributed by atoms with Gasteiger partial charge in [0, 0.05) is 25.7 Å². The lowest BCUT2D eigenvalue weighted by Crippen LogP contribution is -2.42. The van der Waals surface area contributed by atoms with Gasteiger partial charge in [-0.05, 0) is 45.0 Å². The summed E-state index contributed by atoms with van der Waals surface area (Å²) in [7, 11) is 2.13. The lowest BCUT2D eigenvalue weighted by atomic mass is 10.2. The van der Waals surface area contributed by atoms with Crippen molar-refractivity contribution < 1.29 is 4.39 Å². The second-order valence-corrected chi connectivity index (χ2v) is 5.49. The van der Waals surface area contributed by atoms with E-state index in [4.69, 9.17) is 0 Å². The van der Waals surface area contributed by atoms with E-state index in [0.29, 0.717) is 12.6 Å². The minimum Gasteiger partial charge on any atom is -0.357 e. The van der Waals surface area contributed by atoms with Crippen molar-refractivity contribution in [2.45, 2.75) is 39.8 Å². The fourth-order valence-electron chi connectivity index (χ4n) is 2.03. The second-order valence-electron chi connectivity index (χ2n) is 5.49. The minimum atomic E-state index is -0.221. The van der Waals surface area contributed by atoms with E-state index in [1.807, 2.05) is 13.0 Å². The highest BCUT2D eigenvalue weighted by atomic mass is 127. The van der Waals surface area contributed by atoms with E-state index in [1.165, 1.54) is 12.1 Å². The Morgan fingerprint density at radius 1 is 1.30 bits per heavy atom. The molecule has 0 spiro atoms. The predicted molar refractivity (Wildman–Crippen MR) is 107 cm³/mol. The van der Waals surface area contributed by atoms with Crippen molar-refractivity contribution in [1.29, 1.82) is 0 Å². The van der Waals surface area contributed by atoms with Crippen LogP contribution in [0.4, 0.5) is 4.39 Å². The van der Waals surface area contributed by atoms with E-state index in [2.05, 4.69) is 41.4 Å². The SMILES string of the molecule is CCNC(=NCc1cccc(F)c1)NCCN(C)C(C)CC.I. The number of hydrogen-bond donors (Lipinski definition) is 2. The molecule has 23 heavy (non-hydrogen) atoms. The van der Waals surface area contributed by atoms with Crippen LogP contribution < -0.4 is 10.6 Å². The van der Waals surface area contributed by atoms with Crippen molar-refractivity contribution in [3.8, 4) is 0 Å². The Balaban J connectivity index is 0.00000484. The molecule has 1 rings (SSSR count). The summed E-state index contributed by atoms with van der Waals surface area (Å²) >= 11 is 0. The summed E-state index contributed by atoms with van der Waals surface area (Å²) < 4.78 is 13.2. The molecular weight excluding hydrogens is 406 g/mol. The Morgan fingerprint density at radius 3 is 2.65 bits per heavy atom. The third-order valence-electron chi connectivity index (χ3n) is 3.75. The van der Waals surface area contributed by atoms with Crippen LogP contribution in [0.15, 0.2) is 29.3 Å². The van der Waals surface area contributed by atoms with Crippen molar-refractivity contribution in [2.75, 3.05) is 26.7 Å². The number of halogens is 2. The molecule has 1 unspecified atom stereocenters. The monoisotopic (exact) mass is 436 g/mol. The fourth-order valence-corrected chi connectivity index (χ4v) is 2.03. The third kappa shape index (κ3) is 9.10. The van der Waals surface area contributed by atoms with Crippen molar-refractivity contribution in [1.82, 2.24) is 15.5 Å². The van der Waals surface area contributed by atoms with Gasteiger partial charge in [0.25, 0.3) is 0 Å². The Labute approximate surface area is 157 Å². The average molecular weight is 436 g/mol. The van der Waals surface area contributed by atoms with Crippen LogP contribution in [0.5, 0.6) is 0 Å². The maximum Gasteiger partial charge on any atom is 0.191 e. The fraction of sp³-hybridized carbons (Fsp3) is 0.588. The van der Waals surface area contributed by atoms with Crippen LogP contribution in [0.2, 0.25) is 0 Å². The summed E-state index contributed by atoms with van der Waals surface area (Å²) in [4.78, 5) is 6.82. The molecule has 2 N–H and O–H groups in total. The van der Waals surface area contributed by atoms with Gasteiger partial charge in [0.05, 0.1) is 6.54 Å². The molecule has 1 aromatic rings. The Morgan fingerprint density at radius 2 is 2.04 bits per heavy atom. The van der Waals surface area contributed by atoms with Gasteiger partial charge in [-0.2, -0.15) is 0 Å². The van der Waals surface area contributed by atoms with Crippen LogP contribution in [0.1, 0.15) is 32.8 Å². The van der Waals surface area contributed by atoms with Gasteiger partial charge in [-0.25, -0.2) is 9.38 Å². The zero-order valence-electron chi connectivity index (χ0n) is 14.6. The quantitative estimate of drug-likeness (QED) is 0.374. The van der Waals surface area contributed by atoms with Gasteiger partial charge in [0.1, 0.15) is 5.82 Å². The number of hydrogen-bond acceptors (Lipinski definition) is 2. The molecule has 0 bridgehead atoms. The van der Waals surface area contributed by atoms with Gasteiger partial charge < -0.3 is 15.5 Å². The molecule has 0 saturated heterocycles. The minimum absolute atomic E-state index is 0. The highest BCUT2D eigenvalue weighted by Crippen LogP contribution is 2.04. The first-order valence-corrected chi connectivity index (χ1v) is 8.03. The smallest absolute Gasteiger partial charge is 0.191 e. The van der Waals surface area contributed by atoms with Gasteiger partial charge in [-0.15, -0.1) is 24.0 Å². The predicted octanol–water partition coefficient (Wildman–Crippen LogP) is 3.23. The van der Waals surface area contributed by atoms with Crippen molar-refractivity contribution >= 4 is 29.9 Å². The Bertz CT molecular complexity index is 468. The first-order chi connectivity index (χ1) is 10.6. The van der Waals surface area contributed by atoms with Crippen molar-refractivity contribution in [3.63, 3.8) is 0 Å². The number of nitrogens with one attached hydrogen (secondary N) is 2. The lowest BCUT2D eigenvalue weighted by Gasteiger charge is -2.24. The molecular formula is C17H30FIN4. The van der Waals surface area contributed by atoms with Crippen LogP contribution in [0, 0.1) is 5.82 Å². The van der Waals surface area contributed by atoms with Crippen LogP contribution in [0.25, 0.3) is 0 Å². The normalized spacial score (nSPS) is 12.7. The van der Waals surface area contributed by atoms with Crippen LogP contribution >= 0.6 is 24.0 Å². The van der Waals surface area contributed by atoms with Gasteiger partial charge in [-0.3, -0.25) is 0 Å². The number of rotatable bonds is 8. The van der Waals surface area contributed by atoms with Crippen LogP contribution in [0.3, 0.4) is 0 Å². The first kappa shape index (κ1) is 22.1. The van der Waals surface area contributed by atoms with Gasteiger partial charge in [0.2, 0.25) is 0 Å². The largest absolute Gasteiger partial charge is 0.357 e. The van der Waals surface area contributed by atoms with Gasteiger partial charge in [0.15, 0.2) is 5.96 Å². The van der Waals surface area contributed by atoms with E-state index in [9.17, 15) is 4.39 Å². The summed E-state index contributed by atoms with van der Waals surface area (Å²) in [6.45, 7) is 9.51. The zero-order valence-corrected chi connectivity index (χ0v) is 16.9. The van der Waals surface area contributed by atoms with Crippen molar-refractivity contribution in [3.05, 3.63) is 35.6 Å². The molecule has 0 saturated carbocycles. The molecule has 0 aromatic heterocycles. The molecule has 0 radical (unpaired) electrons. The number of likely N-dealkylation sites (N-methyl/N-ethyl adjacent to an activating group) is 1. The summed E-state index contributed by atoms with van der Waals surface area (Å²) in [6, 6.07) is 7.13. The van der Waals surface area contributed by atoms with E-state index >= 15 is 0 Å². The van der Waals surface area contributed by atoms with Crippen molar-refractivity contribution in [2.24, 2.45) is 4.99 Å². The summed E-state index contributed by atoms with van der Waals surface area (Å²) in [5.74, 6) is 0.546. The molecule has 0 fully saturated rings. The molecule has 1 atom stereocenters. The van der Waals surface area contributed by atoms with E-state index in [1.54, 1.807) is 6.07 Å². The Kier molecular flexibility index (Phi) is 12.0. The average Bonchev–Trinajstić information content (AvgIpc) is 2.51. The molecule has 0 aliphatic heterocycles. The molecule has 1 aromatic carbocycles. The second kappa shape index (κ2) is 12.5. The summed E-state index contributed by atoms with van der Waals surface area (Å²) in [5.41, 5.74) is 0.869. The topological polar surface area (TPSA) is 39.7 Å². The molecule has 0 aliphatic rings. The standard InChI is InChI=1S/C17H29FN4.HI/c1-5-14(3)22(4)11-10-20-17(19-6-2)21-13-15-8-7-9-16(18)12-15;/h7-9,12,14H,5-6,10-11,13H2,1-4H3,(H2,19,20,21);1H.